The van der Waals surface area contributed by atoms with Crippen molar-refractivity contribution in [3.63, 3.8) is 0 Å². The zero-order valence-corrected chi connectivity index (χ0v) is 10.4. The Hall–Kier alpha value is -1.51. The number of benzene rings is 1. The smallest absolute Gasteiger partial charge is 0.309 e. The lowest BCUT2D eigenvalue weighted by molar-refractivity contribution is -0.145. The van der Waals surface area contributed by atoms with Crippen molar-refractivity contribution < 1.29 is 14.3 Å². The third kappa shape index (κ3) is 2.99. The summed E-state index contributed by atoms with van der Waals surface area (Å²) in [6.07, 6.45) is 2.17. The number of hydrogen-bond acceptors (Lipinski definition) is 3. The highest BCUT2D eigenvalue weighted by atomic mass is 16.5. The molecular weight excluding hydrogens is 216 g/mol. The number of hydrogen-bond donors (Lipinski definition) is 0. The van der Waals surface area contributed by atoms with Crippen LogP contribution in [-0.4, -0.2) is 18.7 Å². The van der Waals surface area contributed by atoms with E-state index in [1.165, 1.54) is 11.1 Å². The van der Waals surface area contributed by atoms with Crippen molar-refractivity contribution in [1.82, 2.24) is 0 Å². The lowest BCUT2D eigenvalue weighted by Gasteiger charge is -2.25. The molecule has 1 aliphatic heterocycles. The SMILES string of the molecule is CCOC(=O)CC1CCc2cc(C)ccc2O1. The minimum atomic E-state index is -0.173. The van der Waals surface area contributed by atoms with E-state index >= 15 is 0 Å². The van der Waals surface area contributed by atoms with Gasteiger partial charge in [0.2, 0.25) is 0 Å². The molecule has 3 nitrogen and oxygen atoms in total. The second-order valence-corrected chi connectivity index (χ2v) is 4.40. The summed E-state index contributed by atoms with van der Waals surface area (Å²) in [7, 11) is 0. The third-order valence-corrected chi connectivity index (χ3v) is 2.94. The van der Waals surface area contributed by atoms with E-state index in [-0.39, 0.29) is 12.1 Å². The number of fused-ring (bicyclic) bond motifs is 1. The molecule has 2 rings (SSSR count). The van der Waals surface area contributed by atoms with Crippen molar-refractivity contribution in [2.45, 2.75) is 39.2 Å². The van der Waals surface area contributed by atoms with Crippen LogP contribution in [0.1, 0.15) is 30.9 Å². The van der Waals surface area contributed by atoms with E-state index in [0.717, 1.165) is 18.6 Å². The molecule has 92 valence electrons. The number of carbonyl (C=O) groups excluding carboxylic acids is 1. The van der Waals surface area contributed by atoms with E-state index in [1.807, 2.05) is 19.1 Å². The Morgan fingerprint density at radius 1 is 1.53 bits per heavy atom. The van der Waals surface area contributed by atoms with E-state index in [9.17, 15) is 4.79 Å². The van der Waals surface area contributed by atoms with Crippen LogP contribution in [0.2, 0.25) is 0 Å². The van der Waals surface area contributed by atoms with Gasteiger partial charge in [0.15, 0.2) is 0 Å². The van der Waals surface area contributed by atoms with Crippen molar-refractivity contribution in [1.29, 1.82) is 0 Å². The monoisotopic (exact) mass is 234 g/mol. The molecule has 0 amide bonds. The summed E-state index contributed by atoms with van der Waals surface area (Å²) < 4.78 is 10.7. The first kappa shape index (κ1) is 12.0. The molecule has 17 heavy (non-hydrogen) atoms. The molecule has 0 radical (unpaired) electrons. The average molecular weight is 234 g/mol. The maximum absolute atomic E-state index is 11.4. The fourth-order valence-electron chi connectivity index (χ4n) is 2.12. The molecule has 1 aliphatic rings. The van der Waals surface area contributed by atoms with Crippen molar-refractivity contribution >= 4 is 5.97 Å². The van der Waals surface area contributed by atoms with Crippen molar-refractivity contribution in [3.05, 3.63) is 29.3 Å². The Balaban J connectivity index is 1.99. The van der Waals surface area contributed by atoms with Gasteiger partial charge in [0.05, 0.1) is 13.0 Å². The van der Waals surface area contributed by atoms with Gasteiger partial charge in [0, 0.05) is 0 Å². The van der Waals surface area contributed by atoms with Gasteiger partial charge in [0.25, 0.3) is 0 Å². The van der Waals surface area contributed by atoms with Crippen LogP contribution in [0.15, 0.2) is 18.2 Å². The van der Waals surface area contributed by atoms with Crippen LogP contribution in [0, 0.1) is 6.92 Å². The maximum atomic E-state index is 11.4. The van der Waals surface area contributed by atoms with E-state index in [0.29, 0.717) is 13.0 Å². The molecule has 0 aliphatic carbocycles. The fourth-order valence-corrected chi connectivity index (χ4v) is 2.12. The molecule has 1 aromatic carbocycles. The summed E-state index contributed by atoms with van der Waals surface area (Å²) in [5, 5.41) is 0. The van der Waals surface area contributed by atoms with Gasteiger partial charge in [-0.3, -0.25) is 4.79 Å². The minimum Gasteiger partial charge on any atom is -0.490 e. The molecule has 0 fully saturated rings. The Morgan fingerprint density at radius 2 is 2.35 bits per heavy atom. The van der Waals surface area contributed by atoms with Gasteiger partial charge in [-0.1, -0.05) is 17.7 Å². The summed E-state index contributed by atoms with van der Waals surface area (Å²) >= 11 is 0. The fraction of sp³-hybridized carbons (Fsp3) is 0.500. The average Bonchev–Trinajstić information content (AvgIpc) is 2.29. The molecule has 1 atom stereocenters. The summed E-state index contributed by atoms with van der Waals surface area (Å²) in [6, 6.07) is 6.17. The Bertz CT molecular complexity index is 412. The number of rotatable bonds is 3. The normalized spacial score (nSPS) is 18.1. The zero-order chi connectivity index (χ0) is 12.3. The summed E-state index contributed by atoms with van der Waals surface area (Å²) in [5.41, 5.74) is 2.49. The van der Waals surface area contributed by atoms with Crippen LogP contribution < -0.4 is 4.74 Å². The van der Waals surface area contributed by atoms with Gasteiger partial charge in [-0.15, -0.1) is 0 Å². The number of aryl methyl sites for hydroxylation is 2. The predicted molar refractivity (Wildman–Crippen MR) is 65.2 cm³/mol. The second-order valence-electron chi connectivity index (χ2n) is 4.40. The highest BCUT2D eigenvalue weighted by Gasteiger charge is 2.22. The van der Waals surface area contributed by atoms with Gasteiger partial charge in [-0.25, -0.2) is 0 Å². The molecule has 0 bridgehead atoms. The van der Waals surface area contributed by atoms with Crippen molar-refractivity contribution in [2.24, 2.45) is 0 Å². The van der Waals surface area contributed by atoms with Gasteiger partial charge in [-0.05, 0) is 38.3 Å². The maximum Gasteiger partial charge on any atom is 0.309 e. The standard InChI is InChI=1S/C14H18O3/c1-3-16-14(15)9-12-6-5-11-8-10(2)4-7-13(11)17-12/h4,7-8,12H,3,5-6,9H2,1-2H3. The lowest BCUT2D eigenvalue weighted by Crippen LogP contribution is -2.26. The zero-order valence-electron chi connectivity index (χ0n) is 10.4. The molecule has 0 N–H and O–H groups in total. The van der Waals surface area contributed by atoms with E-state index < -0.39 is 0 Å². The summed E-state index contributed by atoms with van der Waals surface area (Å²) in [6.45, 7) is 4.32. The molecule has 3 heteroatoms. The molecule has 0 saturated carbocycles. The predicted octanol–water partition coefficient (Wildman–Crippen LogP) is 2.64. The Morgan fingerprint density at radius 3 is 3.12 bits per heavy atom. The topological polar surface area (TPSA) is 35.5 Å². The number of carbonyl (C=O) groups is 1. The van der Waals surface area contributed by atoms with E-state index in [4.69, 9.17) is 9.47 Å². The van der Waals surface area contributed by atoms with Crippen LogP contribution in [0.3, 0.4) is 0 Å². The highest BCUT2D eigenvalue weighted by Crippen LogP contribution is 2.29. The van der Waals surface area contributed by atoms with Crippen LogP contribution in [0.25, 0.3) is 0 Å². The first-order valence-corrected chi connectivity index (χ1v) is 6.11. The van der Waals surface area contributed by atoms with Crippen LogP contribution in [-0.2, 0) is 16.0 Å². The van der Waals surface area contributed by atoms with E-state index in [2.05, 4.69) is 13.0 Å². The van der Waals surface area contributed by atoms with Crippen LogP contribution >= 0.6 is 0 Å². The Kier molecular flexibility index (Phi) is 3.67. The summed E-state index contributed by atoms with van der Waals surface area (Å²) in [5.74, 6) is 0.740. The molecule has 0 spiro atoms. The lowest BCUT2D eigenvalue weighted by atomic mass is 9.99. The molecule has 1 aromatic rings. The Labute approximate surface area is 102 Å². The number of ether oxygens (including phenoxy) is 2. The van der Waals surface area contributed by atoms with Gasteiger partial charge in [0.1, 0.15) is 11.9 Å². The minimum absolute atomic E-state index is 0.0377. The quantitative estimate of drug-likeness (QED) is 0.754. The third-order valence-electron chi connectivity index (χ3n) is 2.94. The van der Waals surface area contributed by atoms with Gasteiger partial charge in [-0.2, -0.15) is 0 Å². The molecule has 0 saturated heterocycles. The highest BCUT2D eigenvalue weighted by molar-refractivity contribution is 5.70. The second kappa shape index (κ2) is 5.21. The van der Waals surface area contributed by atoms with Crippen LogP contribution in [0.4, 0.5) is 0 Å². The molecular formula is C14H18O3. The first-order chi connectivity index (χ1) is 8.19. The summed E-state index contributed by atoms with van der Waals surface area (Å²) in [4.78, 5) is 11.4. The van der Waals surface area contributed by atoms with Crippen LogP contribution in [0.5, 0.6) is 5.75 Å². The first-order valence-electron chi connectivity index (χ1n) is 6.11. The molecule has 0 aromatic heterocycles. The van der Waals surface area contributed by atoms with E-state index in [1.54, 1.807) is 0 Å². The van der Waals surface area contributed by atoms with Gasteiger partial charge < -0.3 is 9.47 Å². The van der Waals surface area contributed by atoms with Gasteiger partial charge >= 0.3 is 5.97 Å². The van der Waals surface area contributed by atoms with Crippen molar-refractivity contribution in [3.8, 4) is 5.75 Å². The largest absolute Gasteiger partial charge is 0.490 e. The molecule has 1 heterocycles. The molecule has 1 unspecified atom stereocenters. The van der Waals surface area contributed by atoms with Crippen molar-refractivity contribution in [2.75, 3.05) is 6.61 Å². The number of esters is 1.